The molecule has 1 N–H and O–H groups in total. The van der Waals surface area contributed by atoms with Crippen LogP contribution in [-0.2, 0) is 23.8 Å². The number of fused-ring (bicyclic) bond motifs is 4. The van der Waals surface area contributed by atoms with Gasteiger partial charge in [-0.05, 0) is 59.3 Å². The Bertz CT molecular complexity index is 828. The molecule has 174 valence electrons. The van der Waals surface area contributed by atoms with Crippen LogP contribution in [0.1, 0.15) is 80.6 Å². The minimum absolute atomic E-state index is 0.172. The predicted molar refractivity (Wildman–Crippen MR) is 115 cm³/mol. The van der Waals surface area contributed by atoms with Crippen molar-refractivity contribution in [3.8, 4) is 0 Å². The predicted octanol–water partition coefficient (Wildman–Crippen LogP) is 3.74. The van der Waals surface area contributed by atoms with Crippen LogP contribution in [-0.4, -0.2) is 52.5 Å². The average Bonchev–Trinajstić information content (AvgIpc) is 3.22. The number of ether oxygens (including phenoxy) is 3. The van der Waals surface area contributed by atoms with Gasteiger partial charge in [0.15, 0.2) is 0 Å². The van der Waals surface area contributed by atoms with Crippen molar-refractivity contribution >= 4 is 11.8 Å². The lowest BCUT2D eigenvalue weighted by Gasteiger charge is -2.62. The third-order valence-corrected chi connectivity index (χ3v) is 8.90. The van der Waals surface area contributed by atoms with Crippen LogP contribution in [0.15, 0.2) is 11.6 Å². The van der Waals surface area contributed by atoms with Crippen LogP contribution in [0.25, 0.3) is 0 Å². The molecule has 7 atom stereocenters. The Balaban J connectivity index is 1.62. The molecule has 7 unspecified atom stereocenters. The Hall–Kier alpha value is -1.24. The highest BCUT2D eigenvalue weighted by Crippen LogP contribution is 2.73. The number of hydrogen-bond acceptors (Lipinski definition) is 6. The van der Waals surface area contributed by atoms with E-state index in [4.69, 9.17) is 14.2 Å². The summed E-state index contributed by atoms with van der Waals surface area (Å²) in [7, 11) is 0. The smallest absolute Gasteiger partial charge is 0.330 e. The summed E-state index contributed by atoms with van der Waals surface area (Å²) >= 11 is 0. The molecule has 31 heavy (non-hydrogen) atoms. The van der Waals surface area contributed by atoms with Gasteiger partial charge in [0.2, 0.25) is 0 Å². The van der Waals surface area contributed by atoms with Gasteiger partial charge in [0, 0.05) is 24.8 Å². The van der Waals surface area contributed by atoms with Crippen LogP contribution in [0.3, 0.4) is 0 Å². The van der Waals surface area contributed by atoms with Crippen molar-refractivity contribution in [2.45, 2.75) is 110 Å². The lowest BCUT2D eigenvalue weighted by molar-refractivity contribution is -0.244. The third-order valence-electron chi connectivity index (χ3n) is 8.90. The summed E-state index contributed by atoms with van der Waals surface area (Å²) in [6.07, 6.45) is 3.76. The topological polar surface area (TPSA) is 85.4 Å². The average molecular weight is 435 g/mol. The van der Waals surface area contributed by atoms with Gasteiger partial charge in [-0.25, -0.2) is 4.79 Å². The first-order valence-corrected chi connectivity index (χ1v) is 11.6. The summed E-state index contributed by atoms with van der Waals surface area (Å²) in [5.41, 5.74) is -2.12. The lowest BCUT2D eigenvalue weighted by atomic mass is 9.43. The maximum Gasteiger partial charge on any atom is 0.330 e. The number of epoxide rings is 1. The van der Waals surface area contributed by atoms with E-state index in [0.717, 1.165) is 18.4 Å². The van der Waals surface area contributed by atoms with Crippen molar-refractivity contribution in [2.75, 3.05) is 6.61 Å². The van der Waals surface area contributed by atoms with E-state index in [9.17, 15) is 14.7 Å². The summed E-state index contributed by atoms with van der Waals surface area (Å²) in [6, 6.07) is 0. The molecule has 2 aliphatic carbocycles. The van der Waals surface area contributed by atoms with Gasteiger partial charge in [-0.2, -0.15) is 0 Å². The quantitative estimate of drug-likeness (QED) is 0.412. The van der Waals surface area contributed by atoms with Crippen molar-refractivity contribution in [2.24, 2.45) is 16.7 Å². The van der Waals surface area contributed by atoms with E-state index in [0.29, 0.717) is 19.3 Å². The molecule has 4 aliphatic rings. The zero-order chi connectivity index (χ0) is 23.0. The maximum absolute atomic E-state index is 13.5. The summed E-state index contributed by atoms with van der Waals surface area (Å²) in [5.74, 6) is -0.393. The number of aliphatic hydroxyl groups is 1. The Morgan fingerprint density at radius 3 is 2.48 bits per heavy atom. The van der Waals surface area contributed by atoms with Crippen molar-refractivity contribution in [1.29, 1.82) is 0 Å². The zero-order valence-electron chi connectivity index (χ0n) is 20.0. The second-order valence-electron chi connectivity index (χ2n) is 11.7. The van der Waals surface area contributed by atoms with Crippen molar-refractivity contribution in [3.63, 3.8) is 0 Å². The van der Waals surface area contributed by atoms with Gasteiger partial charge in [0.1, 0.15) is 23.1 Å². The molecule has 0 amide bonds. The lowest BCUT2D eigenvalue weighted by Crippen LogP contribution is -2.73. The number of carbonyl (C=O) groups excluding carboxylic acids is 2. The van der Waals surface area contributed by atoms with Crippen LogP contribution in [0.4, 0.5) is 0 Å². The summed E-state index contributed by atoms with van der Waals surface area (Å²) in [4.78, 5) is 25.4. The second kappa shape index (κ2) is 6.88. The Kier molecular flexibility index (Phi) is 5.09. The van der Waals surface area contributed by atoms with Gasteiger partial charge in [-0.3, -0.25) is 4.79 Å². The van der Waals surface area contributed by atoms with Gasteiger partial charge in [0.25, 0.3) is 0 Å². The van der Waals surface area contributed by atoms with Crippen molar-refractivity contribution in [3.05, 3.63) is 11.6 Å². The molecule has 2 heterocycles. The normalized spacial score (nSPS) is 47.5. The Morgan fingerprint density at radius 1 is 1.16 bits per heavy atom. The molecule has 0 bridgehead atoms. The molecule has 6 nitrogen and oxygen atoms in total. The van der Waals surface area contributed by atoms with Gasteiger partial charge in [0.05, 0.1) is 23.7 Å². The molecule has 4 rings (SSSR count). The highest BCUT2D eigenvalue weighted by atomic mass is 16.7. The summed E-state index contributed by atoms with van der Waals surface area (Å²) < 4.78 is 18.5. The van der Waals surface area contributed by atoms with Gasteiger partial charge in [-0.15, -0.1) is 0 Å². The molecule has 0 aromatic carbocycles. The minimum Gasteiger partial charge on any atom is -0.462 e. The number of ketones is 1. The molecule has 0 aromatic heterocycles. The van der Waals surface area contributed by atoms with Crippen molar-refractivity contribution in [1.82, 2.24) is 0 Å². The fraction of sp³-hybridized carbons (Fsp3) is 0.840. The molecule has 2 saturated heterocycles. The van der Waals surface area contributed by atoms with E-state index in [-0.39, 0.29) is 35.8 Å². The van der Waals surface area contributed by atoms with Crippen LogP contribution >= 0.6 is 0 Å². The first kappa shape index (κ1) is 22.9. The minimum atomic E-state index is -0.827. The Morgan fingerprint density at radius 2 is 1.84 bits per heavy atom. The van der Waals surface area contributed by atoms with E-state index in [1.807, 2.05) is 34.6 Å². The van der Waals surface area contributed by atoms with E-state index < -0.39 is 28.3 Å². The molecular weight excluding hydrogens is 396 g/mol. The Labute approximate surface area is 185 Å². The van der Waals surface area contributed by atoms with E-state index in [1.54, 1.807) is 0 Å². The van der Waals surface area contributed by atoms with Crippen molar-refractivity contribution < 1.29 is 28.9 Å². The number of esters is 1. The standard InChI is InChI=1S/C25H38O6/c1-15(2)14-17(27)29-13-12-22(5)10-11-25(31-22)23(6)16(26)8-9-21(3,4)19(23)18(28)20-24(25,7)30-20/h14,18-20,28H,8-13H2,1-7H3. The van der Waals surface area contributed by atoms with Crippen LogP contribution in [0, 0.1) is 16.7 Å². The molecule has 0 radical (unpaired) electrons. The molecule has 1 spiro atoms. The molecule has 0 aromatic rings. The number of hydrogen-bond donors (Lipinski definition) is 1. The van der Waals surface area contributed by atoms with E-state index in [2.05, 4.69) is 13.8 Å². The van der Waals surface area contributed by atoms with Crippen LogP contribution in [0.2, 0.25) is 0 Å². The number of Topliss-reactive ketones (excluding diaryl/α,β-unsaturated/α-hetero) is 1. The summed E-state index contributed by atoms with van der Waals surface area (Å²) in [6.45, 7) is 14.3. The van der Waals surface area contributed by atoms with E-state index >= 15 is 0 Å². The number of rotatable bonds is 4. The monoisotopic (exact) mass is 434 g/mol. The molecule has 2 saturated carbocycles. The molecule has 2 aliphatic heterocycles. The van der Waals surface area contributed by atoms with Crippen LogP contribution in [0.5, 0.6) is 0 Å². The largest absolute Gasteiger partial charge is 0.462 e. The highest BCUT2D eigenvalue weighted by Gasteiger charge is 2.85. The molecule has 6 heteroatoms. The number of aliphatic hydroxyl groups excluding tert-OH is 1. The number of allylic oxidation sites excluding steroid dienone is 1. The van der Waals surface area contributed by atoms with Crippen LogP contribution < -0.4 is 0 Å². The van der Waals surface area contributed by atoms with E-state index in [1.165, 1.54) is 6.08 Å². The second-order valence-corrected chi connectivity index (χ2v) is 11.7. The van der Waals surface area contributed by atoms with Gasteiger partial charge in [-0.1, -0.05) is 19.4 Å². The first-order chi connectivity index (χ1) is 14.2. The molecule has 4 fully saturated rings. The fourth-order valence-corrected chi connectivity index (χ4v) is 7.23. The molecular formula is C25H38O6. The first-order valence-electron chi connectivity index (χ1n) is 11.6. The fourth-order valence-electron chi connectivity index (χ4n) is 7.23. The highest BCUT2D eigenvalue weighted by molar-refractivity contribution is 5.88. The van der Waals surface area contributed by atoms with Gasteiger partial charge < -0.3 is 19.3 Å². The zero-order valence-corrected chi connectivity index (χ0v) is 20.0. The third kappa shape index (κ3) is 3.08. The summed E-state index contributed by atoms with van der Waals surface area (Å²) in [5, 5.41) is 11.3. The van der Waals surface area contributed by atoms with Gasteiger partial charge >= 0.3 is 5.97 Å². The SMILES string of the molecule is CC(C)=CC(=O)OCCC1(C)CCC2(O1)C1(C)OC1C(O)C1C(C)(C)CCC(=O)C12C. The number of carbonyl (C=O) groups is 2. The maximum atomic E-state index is 13.5.